The molecule has 0 fully saturated rings. The van der Waals surface area contributed by atoms with Gasteiger partial charge in [0.1, 0.15) is 11.5 Å². The first-order chi connectivity index (χ1) is 20.5. The normalized spacial score (nSPS) is 10.8. The van der Waals surface area contributed by atoms with Crippen molar-refractivity contribution in [1.29, 1.82) is 0 Å². The number of rotatable bonds is 8. The Kier molecular flexibility index (Phi) is 7.17. The first-order valence-corrected chi connectivity index (χ1v) is 13.4. The molecule has 0 aliphatic carbocycles. The largest absolute Gasteiger partial charge is 0.497 e. The number of methoxy groups -OCH3 is 2. The third-order valence-electron chi connectivity index (χ3n) is 6.92. The van der Waals surface area contributed by atoms with E-state index in [4.69, 9.17) is 30.9 Å². The summed E-state index contributed by atoms with van der Waals surface area (Å²) in [5.74, 6) is 2.75. The maximum atomic E-state index is 6.09. The van der Waals surface area contributed by atoms with E-state index in [1.807, 2.05) is 121 Å². The van der Waals surface area contributed by atoms with Gasteiger partial charge in [-0.05, 0) is 109 Å². The van der Waals surface area contributed by atoms with Crippen LogP contribution < -0.4 is 30.7 Å². The van der Waals surface area contributed by atoms with Gasteiger partial charge in [-0.1, -0.05) is 12.1 Å². The van der Waals surface area contributed by atoms with Crippen molar-refractivity contribution in [2.24, 2.45) is 0 Å². The van der Waals surface area contributed by atoms with Crippen LogP contribution in [0, 0.1) is 0 Å². The van der Waals surface area contributed by atoms with E-state index in [9.17, 15) is 0 Å². The molecular formula is C34H30N6O2. The number of para-hydroxylation sites is 2. The Morgan fingerprint density at radius 2 is 0.762 bits per heavy atom. The van der Waals surface area contributed by atoms with Crippen molar-refractivity contribution < 1.29 is 9.47 Å². The molecule has 42 heavy (non-hydrogen) atoms. The molecule has 0 bridgehead atoms. The van der Waals surface area contributed by atoms with Crippen LogP contribution in [0.5, 0.6) is 11.5 Å². The first kappa shape index (κ1) is 26.5. The van der Waals surface area contributed by atoms with E-state index >= 15 is 0 Å². The predicted octanol–water partition coefficient (Wildman–Crippen LogP) is 7.75. The molecule has 0 amide bonds. The van der Waals surface area contributed by atoms with E-state index in [-0.39, 0.29) is 0 Å². The summed E-state index contributed by atoms with van der Waals surface area (Å²) in [6, 6.07) is 38.9. The molecule has 0 aliphatic heterocycles. The van der Waals surface area contributed by atoms with E-state index in [1.165, 1.54) is 0 Å². The van der Waals surface area contributed by atoms with E-state index in [0.29, 0.717) is 23.0 Å². The molecule has 0 radical (unpaired) electrons. The molecule has 0 atom stereocenters. The van der Waals surface area contributed by atoms with Gasteiger partial charge in [0.15, 0.2) is 11.6 Å². The SMILES string of the molecule is COc1ccc(N(c2ccc(N)cc2)c2nc3ccccc3nc2N(c2ccc(N)cc2)c2ccc(OC)cc2)cc1. The second-order valence-electron chi connectivity index (χ2n) is 9.61. The highest BCUT2D eigenvalue weighted by Crippen LogP contribution is 2.44. The molecule has 1 heterocycles. The molecule has 8 nitrogen and oxygen atoms in total. The number of ether oxygens (including phenoxy) is 2. The summed E-state index contributed by atoms with van der Waals surface area (Å²) in [5, 5.41) is 0. The van der Waals surface area contributed by atoms with Crippen molar-refractivity contribution >= 4 is 56.8 Å². The average Bonchev–Trinajstić information content (AvgIpc) is 3.04. The van der Waals surface area contributed by atoms with Gasteiger partial charge in [-0.3, -0.25) is 9.80 Å². The fourth-order valence-corrected chi connectivity index (χ4v) is 4.78. The van der Waals surface area contributed by atoms with Gasteiger partial charge in [0.05, 0.1) is 25.3 Å². The van der Waals surface area contributed by atoms with Crippen LogP contribution in [-0.2, 0) is 0 Å². The summed E-state index contributed by atoms with van der Waals surface area (Å²) >= 11 is 0. The van der Waals surface area contributed by atoms with Crippen LogP contribution >= 0.6 is 0 Å². The highest BCUT2D eigenvalue weighted by Gasteiger charge is 2.26. The number of hydrogen-bond acceptors (Lipinski definition) is 8. The molecule has 0 aliphatic rings. The van der Waals surface area contributed by atoms with E-state index < -0.39 is 0 Å². The smallest absolute Gasteiger partial charge is 0.182 e. The summed E-state index contributed by atoms with van der Waals surface area (Å²) < 4.78 is 10.9. The number of fused-ring (bicyclic) bond motifs is 1. The van der Waals surface area contributed by atoms with Crippen LogP contribution in [-0.4, -0.2) is 24.2 Å². The topological polar surface area (TPSA) is 103 Å². The minimum absolute atomic E-state index is 0.622. The van der Waals surface area contributed by atoms with Gasteiger partial charge in [-0.15, -0.1) is 0 Å². The number of benzene rings is 5. The molecule has 208 valence electrons. The maximum absolute atomic E-state index is 6.09. The Hall–Kier alpha value is -5.76. The van der Waals surface area contributed by atoms with E-state index in [1.54, 1.807) is 14.2 Å². The second kappa shape index (κ2) is 11.4. The number of nitrogen functional groups attached to an aromatic ring is 2. The number of anilines is 8. The standard InChI is InChI=1S/C34H30N6O2/c1-41-29-19-15-27(16-20-29)39(25-11-7-23(35)8-12-25)33-34(38-32-6-4-3-5-31(32)37-33)40(26-13-9-24(36)10-14-26)28-17-21-30(42-2)22-18-28/h3-22H,35-36H2,1-2H3. The molecule has 1 aromatic heterocycles. The van der Waals surface area contributed by atoms with E-state index in [0.717, 1.165) is 45.3 Å². The third kappa shape index (κ3) is 5.21. The van der Waals surface area contributed by atoms with Gasteiger partial charge in [0, 0.05) is 34.1 Å². The average molecular weight is 555 g/mol. The molecule has 8 heteroatoms. The third-order valence-corrected chi connectivity index (χ3v) is 6.92. The van der Waals surface area contributed by atoms with Crippen molar-refractivity contribution in [2.45, 2.75) is 0 Å². The highest BCUT2D eigenvalue weighted by atomic mass is 16.5. The predicted molar refractivity (Wildman–Crippen MR) is 171 cm³/mol. The van der Waals surface area contributed by atoms with Crippen molar-refractivity contribution in [2.75, 3.05) is 35.5 Å². The summed E-state index contributed by atoms with van der Waals surface area (Å²) in [7, 11) is 3.30. The van der Waals surface area contributed by atoms with Gasteiger partial charge in [0.25, 0.3) is 0 Å². The molecule has 0 spiro atoms. The lowest BCUT2D eigenvalue weighted by molar-refractivity contribution is 0.414. The second-order valence-corrected chi connectivity index (χ2v) is 9.61. The zero-order valence-electron chi connectivity index (χ0n) is 23.3. The molecule has 6 aromatic rings. The zero-order chi connectivity index (χ0) is 29.1. The lowest BCUT2D eigenvalue weighted by Crippen LogP contribution is -2.20. The fraction of sp³-hybridized carbons (Fsp3) is 0.0588. The summed E-state index contributed by atoms with van der Waals surface area (Å²) in [6.45, 7) is 0. The van der Waals surface area contributed by atoms with Gasteiger partial charge in [0.2, 0.25) is 0 Å². The van der Waals surface area contributed by atoms with Crippen LogP contribution in [0.25, 0.3) is 11.0 Å². The zero-order valence-corrected chi connectivity index (χ0v) is 23.3. The fourth-order valence-electron chi connectivity index (χ4n) is 4.78. The number of aromatic nitrogens is 2. The van der Waals surface area contributed by atoms with Crippen LogP contribution in [0.1, 0.15) is 0 Å². The summed E-state index contributed by atoms with van der Waals surface area (Å²) in [6.07, 6.45) is 0. The monoisotopic (exact) mass is 554 g/mol. The molecule has 6 rings (SSSR count). The van der Waals surface area contributed by atoms with Crippen LogP contribution in [0.2, 0.25) is 0 Å². The van der Waals surface area contributed by atoms with Gasteiger partial charge >= 0.3 is 0 Å². The maximum Gasteiger partial charge on any atom is 0.182 e. The molecule has 5 aromatic carbocycles. The van der Waals surface area contributed by atoms with E-state index in [2.05, 4.69) is 9.80 Å². The van der Waals surface area contributed by atoms with Crippen LogP contribution in [0.15, 0.2) is 121 Å². The van der Waals surface area contributed by atoms with Gasteiger partial charge in [-0.25, -0.2) is 9.97 Å². The molecule has 0 saturated heterocycles. The van der Waals surface area contributed by atoms with Crippen molar-refractivity contribution in [3.05, 3.63) is 121 Å². The Balaban J connectivity index is 1.66. The molecule has 0 unspecified atom stereocenters. The minimum atomic E-state index is 0.622. The Bertz CT molecular complexity index is 1670. The van der Waals surface area contributed by atoms with Crippen molar-refractivity contribution in [1.82, 2.24) is 9.97 Å². The number of nitrogens with zero attached hydrogens (tertiary/aromatic N) is 4. The number of nitrogens with two attached hydrogens (primary N) is 2. The lowest BCUT2D eigenvalue weighted by Gasteiger charge is -2.31. The van der Waals surface area contributed by atoms with Gasteiger partial charge < -0.3 is 20.9 Å². The molecule has 4 N–H and O–H groups in total. The quantitative estimate of drug-likeness (QED) is 0.184. The highest BCUT2D eigenvalue weighted by molar-refractivity contribution is 5.92. The molecule has 0 saturated carbocycles. The van der Waals surface area contributed by atoms with Crippen molar-refractivity contribution in [3.8, 4) is 11.5 Å². The van der Waals surface area contributed by atoms with Crippen LogP contribution in [0.4, 0.5) is 45.8 Å². The number of hydrogen-bond donors (Lipinski definition) is 2. The Morgan fingerprint density at radius 1 is 0.452 bits per heavy atom. The Morgan fingerprint density at radius 3 is 1.07 bits per heavy atom. The summed E-state index contributed by atoms with van der Waals surface area (Å²) in [4.78, 5) is 14.6. The summed E-state index contributed by atoms with van der Waals surface area (Å²) in [5.41, 5.74) is 18.5. The minimum Gasteiger partial charge on any atom is -0.497 e. The molecular weight excluding hydrogens is 524 g/mol. The lowest BCUT2D eigenvalue weighted by atomic mass is 10.1. The van der Waals surface area contributed by atoms with Gasteiger partial charge in [-0.2, -0.15) is 0 Å². The first-order valence-electron chi connectivity index (χ1n) is 13.4. The Labute approximate surface area is 244 Å². The van der Waals surface area contributed by atoms with Crippen molar-refractivity contribution in [3.63, 3.8) is 0 Å². The van der Waals surface area contributed by atoms with Crippen LogP contribution in [0.3, 0.4) is 0 Å².